The van der Waals surface area contributed by atoms with E-state index < -0.39 is 12.0 Å². The zero-order valence-corrected chi connectivity index (χ0v) is 12.4. The molecule has 1 aromatic heterocycles. The highest BCUT2D eigenvalue weighted by Gasteiger charge is 2.34. The van der Waals surface area contributed by atoms with Crippen LogP contribution < -0.4 is 5.32 Å². The third-order valence-corrected chi connectivity index (χ3v) is 4.75. The van der Waals surface area contributed by atoms with Gasteiger partial charge in [-0.05, 0) is 26.2 Å². The lowest BCUT2D eigenvalue weighted by Crippen LogP contribution is -2.46. The number of nitrogens with one attached hydrogen (secondary N) is 1. The Kier molecular flexibility index (Phi) is 4.59. The number of aliphatic carboxylic acids is 1. The fraction of sp³-hybridized carbons (Fsp3) is 0.615. The predicted octanol–water partition coefficient (Wildman–Crippen LogP) is 2.03. The molecule has 1 fully saturated rings. The molecular formula is C13H19N3O3S. The summed E-state index contributed by atoms with van der Waals surface area (Å²) in [6.07, 6.45) is 3.99. The van der Waals surface area contributed by atoms with Gasteiger partial charge in [0, 0.05) is 17.6 Å². The highest BCUT2D eigenvalue weighted by atomic mass is 32.1. The zero-order valence-electron chi connectivity index (χ0n) is 11.6. The third-order valence-electron chi connectivity index (χ3n) is 3.43. The molecule has 110 valence electrons. The molecule has 7 heteroatoms. The van der Waals surface area contributed by atoms with Crippen LogP contribution in [0.4, 0.5) is 4.79 Å². The van der Waals surface area contributed by atoms with E-state index in [4.69, 9.17) is 5.11 Å². The topological polar surface area (TPSA) is 82.5 Å². The van der Waals surface area contributed by atoms with E-state index in [2.05, 4.69) is 17.2 Å². The van der Waals surface area contributed by atoms with Gasteiger partial charge in [-0.3, -0.25) is 0 Å². The van der Waals surface area contributed by atoms with E-state index in [0.29, 0.717) is 13.0 Å². The lowest BCUT2D eigenvalue weighted by atomic mass is 10.2. The van der Waals surface area contributed by atoms with E-state index in [1.807, 2.05) is 13.1 Å². The smallest absolute Gasteiger partial charge is 0.326 e. The molecule has 0 spiro atoms. The second-order valence-electron chi connectivity index (χ2n) is 4.88. The van der Waals surface area contributed by atoms with Gasteiger partial charge in [-0.25, -0.2) is 14.6 Å². The van der Waals surface area contributed by atoms with Crippen molar-refractivity contribution >= 4 is 23.3 Å². The monoisotopic (exact) mass is 297 g/mol. The summed E-state index contributed by atoms with van der Waals surface area (Å²) in [4.78, 5) is 30.1. The summed E-state index contributed by atoms with van der Waals surface area (Å²) in [6.45, 7) is 4.41. The summed E-state index contributed by atoms with van der Waals surface area (Å²) in [6, 6.07) is -1.23. The Morgan fingerprint density at radius 3 is 3.00 bits per heavy atom. The number of nitrogens with zero attached hydrogens (tertiary/aromatic N) is 2. The second kappa shape index (κ2) is 6.21. The van der Waals surface area contributed by atoms with Crippen molar-refractivity contribution in [3.63, 3.8) is 0 Å². The number of hydrogen-bond donors (Lipinski definition) is 2. The van der Waals surface area contributed by atoms with E-state index >= 15 is 0 Å². The Balaban J connectivity index is 1.98. The highest BCUT2D eigenvalue weighted by Crippen LogP contribution is 2.22. The average molecular weight is 297 g/mol. The number of amides is 2. The molecule has 20 heavy (non-hydrogen) atoms. The second-order valence-corrected chi connectivity index (χ2v) is 6.03. The summed E-state index contributed by atoms with van der Waals surface area (Å²) >= 11 is 1.57. The van der Waals surface area contributed by atoms with Crippen LogP contribution in [0.3, 0.4) is 0 Å². The van der Waals surface area contributed by atoms with Gasteiger partial charge in [-0.15, -0.1) is 11.3 Å². The van der Waals surface area contributed by atoms with Gasteiger partial charge in [0.25, 0.3) is 0 Å². The molecule has 2 atom stereocenters. The molecule has 2 heterocycles. The van der Waals surface area contributed by atoms with Crippen LogP contribution in [0, 0.1) is 0 Å². The SMILES string of the molecule is CCc1cnc(C(C)NC(=O)N2CCCC2C(=O)O)s1. The number of carbonyl (C=O) groups excluding carboxylic acids is 1. The summed E-state index contributed by atoms with van der Waals surface area (Å²) in [7, 11) is 0. The number of urea groups is 1. The molecule has 6 nitrogen and oxygen atoms in total. The lowest BCUT2D eigenvalue weighted by Gasteiger charge is -2.23. The number of rotatable bonds is 4. The number of carboxylic acids is 1. The standard InChI is InChI=1S/C13H19N3O3S/c1-3-9-7-14-11(20-9)8(2)15-13(19)16-6-4-5-10(16)12(17)18/h7-8,10H,3-6H2,1-2H3,(H,15,19)(H,17,18). The number of likely N-dealkylation sites (tertiary alicyclic amines) is 1. The van der Waals surface area contributed by atoms with Crippen molar-refractivity contribution < 1.29 is 14.7 Å². The van der Waals surface area contributed by atoms with Crippen molar-refractivity contribution in [1.29, 1.82) is 0 Å². The van der Waals surface area contributed by atoms with Crippen LogP contribution >= 0.6 is 11.3 Å². The molecule has 1 aliphatic heterocycles. The van der Waals surface area contributed by atoms with Crippen molar-refractivity contribution in [2.45, 2.75) is 45.2 Å². The fourth-order valence-electron chi connectivity index (χ4n) is 2.28. The normalized spacial score (nSPS) is 19.9. The summed E-state index contributed by atoms with van der Waals surface area (Å²) in [5.74, 6) is -0.937. The van der Waals surface area contributed by atoms with E-state index in [-0.39, 0.29) is 12.1 Å². The predicted molar refractivity (Wildman–Crippen MR) is 75.8 cm³/mol. The number of carbonyl (C=O) groups is 2. The maximum Gasteiger partial charge on any atom is 0.326 e. The van der Waals surface area contributed by atoms with Crippen LogP contribution in [-0.4, -0.2) is 39.6 Å². The molecular weight excluding hydrogens is 278 g/mol. The quantitative estimate of drug-likeness (QED) is 0.890. The summed E-state index contributed by atoms with van der Waals surface area (Å²) in [5.41, 5.74) is 0. The minimum atomic E-state index is -0.937. The van der Waals surface area contributed by atoms with Crippen molar-refractivity contribution in [2.24, 2.45) is 0 Å². The molecule has 0 aromatic carbocycles. The minimum Gasteiger partial charge on any atom is -0.480 e. The van der Waals surface area contributed by atoms with Gasteiger partial charge in [-0.2, -0.15) is 0 Å². The molecule has 1 aromatic rings. The number of thiazole rings is 1. The van der Waals surface area contributed by atoms with Crippen molar-refractivity contribution in [1.82, 2.24) is 15.2 Å². The van der Waals surface area contributed by atoms with Gasteiger partial charge < -0.3 is 15.3 Å². The van der Waals surface area contributed by atoms with E-state index in [1.54, 1.807) is 11.3 Å². The largest absolute Gasteiger partial charge is 0.480 e. The fourth-order valence-corrected chi connectivity index (χ4v) is 3.14. The first kappa shape index (κ1) is 14.8. The van der Waals surface area contributed by atoms with E-state index in [9.17, 15) is 9.59 Å². The Labute approximate surface area is 121 Å². The summed E-state index contributed by atoms with van der Waals surface area (Å²) in [5, 5.41) is 12.8. The van der Waals surface area contributed by atoms with Gasteiger partial charge in [0.1, 0.15) is 11.0 Å². The zero-order chi connectivity index (χ0) is 14.7. The molecule has 2 N–H and O–H groups in total. The molecule has 0 saturated carbocycles. The first-order chi connectivity index (χ1) is 9.52. The van der Waals surface area contributed by atoms with Crippen molar-refractivity contribution in [2.75, 3.05) is 6.54 Å². The van der Waals surface area contributed by atoms with Gasteiger partial charge in [-0.1, -0.05) is 6.92 Å². The maximum atomic E-state index is 12.1. The Bertz CT molecular complexity index is 503. The van der Waals surface area contributed by atoms with Crippen LogP contribution in [0.15, 0.2) is 6.20 Å². The molecule has 0 bridgehead atoms. The maximum absolute atomic E-state index is 12.1. The van der Waals surface area contributed by atoms with Gasteiger partial charge in [0.2, 0.25) is 0 Å². The van der Waals surface area contributed by atoms with E-state index in [1.165, 1.54) is 9.78 Å². The Morgan fingerprint density at radius 2 is 2.40 bits per heavy atom. The number of hydrogen-bond acceptors (Lipinski definition) is 4. The van der Waals surface area contributed by atoms with Crippen LogP contribution in [0.5, 0.6) is 0 Å². The molecule has 2 unspecified atom stereocenters. The highest BCUT2D eigenvalue weighted by molar-refractivity contribution is 7.11. The first-order valence-corrected chi connectivity index (χ1v) is 7.59. The minimum absolute atomic E-state index is 0.206. The van der Waals surface area contributed by atoms with Crippen LogP contribution in [-0.2, 0) is 11.2 Å². The van der Waals surface area contributed by atoms with Crippen molar-refractivity contribution in [3.8, 4) is 0 Å². The molecule has 1 saturated heterocycles. The van der Waals surface area contributed by atoms with Gasteiger partial charge in [0.15, 0.2) is 0 Å². The molecule has 0 radical (unpaired) electrons. The molecule has 2 amide bonds. The molecule has 0 aliphatic carbocycles. The third kappa shape index (κ3) is 3.09. The first-order valence-electron chi connectivity index (χ1n) is 6.77. The number of aryl methyl sites for hydroxylation is 1. The van der Waals surface area contributed by atoms with Crippen molar-refractivity contribution in [3.05, 3.63) is 16.1 Å². The molecule has 1 aliphatic rings. The van der Waals surface area contributed by atoms with Crippen LogP contribution in [0.1, 0.15) is 42.6 Å². The van der Waals surface area contributed by atoms with E-state index in [0.717, 1.165) is 17.8 Å². The van der Waals surface area contributed by atoms with Crippen LogP contribution in [0.25, 0.3) is 0 Å². The van der Waals surface area contributed by atoms with Gasteiger partial charge >= 0.3 is 12.0 Å². The lowest BCUT2D eigenvalue weighted by molar-refractivity contribution is -0.141. The Morgan fingerprint density at radius 1 is 1.65 bits per heavy atom. The summed E-state index contributed by atoms with van der Waals surface area (Å²) < 4.78 is 0. The van der Waals surface area contributed by atoms with Gasteiger partial charge in [0.05, 0.1) is 6.04 Å². The van der Waals surface area contributed by atoms with Crippen LogP contribution in [0.2, 0.25) is 0 Å². The average Bonchev–Trinajstić information content (AvgIpc) is 3.07. The Hall–Kier alpha value is -1.63. The number of aromatic nitrogens is 1. The number of carboxylic acid groups (broad SMARTS) is 1. The molecule has 2 rings (SSSR count).